The van der Waals surface area contributed by atoms with E-state index in [9.17, 15) is 13.2 Å². The third-order valence-corrected chi connectivity index (χ3v) is 8.64. The van der Waals surface area contributed by atoms with Crippen LogP contribution in [0.25, 0.3) is 10.8 Å². The van der Waals surface area contributed by atoms with Crippen molar-refractivity contribution >= 4 is 32.7 Å². The Morgan fingerprint density at radius 2 is 1.97 bits per heavy atom. The van der Waals surface area contributed by atoms with Crippen molar-refractivity contribution in [3.63, 3.8) is 0 Å². The Kier molecular flexibility index (Phi) is 8.78. The molecule has 2 heterocycles. The number of aromatic amines is 1. The number of fused-ring (bicyclic) bond motifs is 1. The highest BCUT2D eigenvalue weighted by atomic mass is 32.2. The van der Waals surface area contributed by atoms with Gasteiger partial charge in [-0.25, -0.2) is 13.4 Å². The highest BCUT2D eigenvalue weighted by Crippen LogP contribution is 2.35. The Labute approximate surface area is 224 Å². The summed E-state index contributed by atoms with van der Waals surface area (Å²) >= 11 is 0. The van der Waals surface area contributed by atoms with E-state index in [0.29, 0.717) is 60.1 Å². The number of piperidine rings is 1. The fraction of sp³-hybridized carbons (Fsp3) is 0.481. The number of H-pyrrole nitrogens is 1. The van der Waals surface area contributed by atoms with Crippen molar-refractivity contribution < 1.29 is 22.7 Å². The fourth-order valence-electron chi connectivity index (χ4n) is 5.10. The van der Waals surface area contributed by atoms with Crippen LogP contribution in [0.2, 0.25) is 0 Å². The lowest BCUT2D eigenvalue weighted by molar-refractivity contribution is -0.137. The number of hydrogen-bond donors (Lipinski definition) is 3. The molecule has 1 saturated heterocycles. The Bertz CT molecular complexity index is 1350. The first-order chi connectivity index (χ1) is 18.2. The lowest BCUT2D eigenvalue weighted by Crippen LogP contribution is -2.53. The van der Waals surface area contributed by atoms with Gasteiger partial charge in [-0.15, -0.1) is 0 Å². The number of anilines is 1. The summed E-state index contributed by atoms with van der Waals surface area (Å²) in [5, 5.41) is 4.34. The molecule has 0 spiro atoms. The molecule has 3 atom stereocenters. The molecule has 2 aromatic carbocycles. The lowest BCUT2D eigenvalue weighted by atomic mass is 9.92. The van der Waals surface area contributed by atoms with Crippen molar-refractivity contribution in [1.82, 2.24) is 19.6 Å². The number of carbonyl (C=O) groups excluding carboxylic acids is 1. The van der Waals surface area contributed by atoms with Crippen molar-refractivity contribution in [3.05, 3.63) is 42.7 Å². The topological polar surface area (TPSA) is 126 Å². The van der Waals surface area contributed by atoms with E-state index < -0.39 is 16.1 Å². The molecular weight excluding hydrogens is 506 g/mol. The smallest absolute Gasteiger partial charge is 0.241 e. The van der Waals surface area contributed by atoms with Crippen LogP contribution in [-0.4, -0.2) is 68.6 Å². The maximum absolute atomic E-state index is 13.8. The average molecular weight is 544 g/mol. The van der Waals surface area contributed by atoms with E-state index in [0.717, 1.165) is 12.8 Å². The van der Waals surface area contributed by atoms with Crippen LogP contribution in [0.3, 0.4) is 0 Å². The van der Waals surface area contributed by atoms with Gasteiger partial charge in [-0.2, -0.15) is 4.72 Å². The zero-order chi connectivity index (χ0) is 27.3. The van der Waals surface area contributed by atoms with Gasteiger partial charge in [0.05, 0.1) is 19.1 Å². The second-order valence-corrected chi connectivity index (χ2v) is 11.6. The molecule has 1 aliphatic heterocycles. The number of nitrogens with one attached hydrogen (secondary N) is 3. The van der Waals surface area contributed by atoms with Gasteiger partial charge in [0.15, 0.2) is 17.4 Å². The molecule has 0 unspecified atom stereocenters. The van der Waals surface area contributed by atoms with Gasteiger partial charge < -0.3 is 24.7 Å². The van der Waals surface area contributed by atoms with Crippen LogP contribution in [0.4, 0.5) is 5.95 Å². The van der Waals surface area contributed by atoms with Gasteiger partial charge in [-0.3, -0.25) is 4.79 Å². The van der Waals surface area contributed by atoms with Crippen molar-refractivity contribution in [1.29, 1.82) is 0 Å². The minimum atomic E-state index is -4.06. The number of imidazole rings is 1. The predicted molar refractivity (Wildman–Crippen MR) is 147 cm³/mol. The molecule has 1 fully saturated rings. The van der Waals surface area contributed by atoms with Gasteiger partial charge in [0.1, 0.15) is 6.04 Å². The SMILES string of the molecule is COc1cc2cccc(S(=O)(=O)N[C@@H](CCCNc3ncc[nH]3)C(=O)N3CC[C@@H](C)C[C@H]3C)c2cc1OC. The number of nitrogens with zero attached hydrogens (tertiary/aromatic N) is 2. The van der Waals surface area contributed by atoms with Crippen molar-refractivity contribution in [2.45, 2.75) is 56.5 Å². The molecule has 1 amide bonds. The van der Waals surface area contributed by atoms with Crippen LogP contribution >= 0.6 is 0 Å². The quantitative estimate of drug-likeness (QED) is 0.314. The molecular formula is C27H37N5O5S. The maximum atomic E-state index is 13.8. The van der Waals surface area contributed by atoms with E-state index in [1.165, 1.54) is 14.2 Å². The van der Waals surface area contributed by atoms with Gasteiger partial charge in [-0.1, -0.05) is 19.1 Å². The van der Waals surface area contributed by atoms with E-state index in [4.69, 9.17) is 9.47 Å². The van der Waals surface area contributed by atoms with Crippen molar-refractivity contribution in [3.8, 4) is 11.5 Å². The Balaban J connectivity index is 1.60. The number of benzene rings is 2. The van der Waals surface area contributed by atoms with Gasteiger partial charge in [0.25, 0.3) is 0 Å². The zero-order valence-electron chi connectivity index (χ0n) is 22.4. The number of rotatable bonds is 11. The first-order valence-electron chi connectivity index (χ1n) is 12.9. The van der Waals surface area contributed by atoms with Crippen LogP contribution in [0, 0.1) is 5.92 Å². The van der Waals surface area contributed by atoms with E-state index in [-0.39, 0.29) is 16.8 Å². The highest BCUT2D eigenvalue weighted by Gasteiger charge is 2.34. The Morgan fingerprint density at radius 3 is 2.66 bits per heavy atom. The van der Waals surface area contributed by atoms with E-state index in [1.54, 1.807) is 36.7 Å². The normalized spacial score (nSPS) is 18.8. The number of methoxy groups -OCH3 is 2. The third-order valence-electron chi connectivity index (χ3n) is 7.11. The molecule has 1 aliphatic rings. The zero-order valence-corrected chi connectivity index (χ0v) is 23.2. The molecule has 1 aromatic heterocycles. The molecule has 0 radical (unpaired) electrons. The molecule has 3 N–H and O–H groups in total. The predicted octanol–water partition coefficient (Wildman–Crippen LogP) is 3.77. The molecule has 0 aliphatic carbocycles. The van der Waals surface area contributed by atoms with Crippen molar-refractivity contribution in [2.24, 2.45) is 5.92 Å². The van der Waals surface area contributed by atoms with Crippen LogP contribution in [0.15, 0.2) is 47.6 Å². The second-order valence-electron chi connectivity index (χ2n) is 9.88. The summed E-state index contributed by atoms with van der Waals surface area (Å²) in [6.45, 7) is 5.37. The van der Waals surface area contributed by atoms with E-state index in [1.807, 2.05) is 17.9 Å². The first-order valence-corrected chi connectivity index (χ1v) is 14.4. The lowest BCUT2D eigenvalue weighted by Gasteiger charge is -2.38. The van der Waals surface area contributed by atoms with Crippen LogP contribution in [0.5, 0.6) is 11.5 Å². The summed E-state index contributed by atoms with van der Waals surface area (Å²) in [5.41, 5.74) is 0. The Hall–Kier alpha value is -3.31. The fourth-order valence-corrected chi connectivity index (χ4v) is 6.55. The number of likely N-dealkylation sites (tertiary alicyclic amines) is 1. The van der Waals surface area contributed by atoms with Crippen LogP contribution in [-0.2, 0) is 14.8 Å². The monoisotopic (exact) mass is 543 g/mol. The van der Waals surface area contributed by atoms with Gasteiger partial charge in [0.2, 0.25) is 15.9 Å². The summed E-state index contributed by atoms with van der Waals surface area (Å²) in [4.78, 5) is 22.7. The van der Waals surface area contributed by atoms with E-state index >= 15 is 0 Å². The number of amides is 1. The molecule has 3 aromatic rings. The summed E-state index contributed by atoms with van der Waals surface area (Å²) in [6.07, 6.45) is 6.08. The molecule has 0 saturated carbocycles. The number of carbonyl (C=O) groups is 1. The number of ether oxygens (including phenoxy) is 2. The van der Waals surface area contributed by atoms with Gasteiger partial charge in [0, 0.05) is 36.9 Å². The first kappa shape index (κ1) is 27.7. The number of hydrogen-bond acceptors (Lipinski definition) is 7. The maximum Gasteiger partial charge on any atom is 0.241 e. The van der Waals surface area contributed by atoms with Crippen LogP contribution < -0.4 is 19.5 Å². The molecule has 38 heavy (non-hydrogen) atoms. The summed E-state index contributed by atoms with van der Waals surface area (Å²) in [7, 11) is -1.02. The van der Waals surface area contributed by atoms with Gasteiger partial charge in [-0.05, 0) is 62.1 Å². The summed E-state index contributed by atoms with van der Waals surface area (Å²) in [6, 6.07) is 7.59. The number of sulfonamides is 1. The minimum Gasteiger partial charge on any atom is -0.493 e. The second kappa shape index (κ2) is 12.0. The molecule has 11 heteroatoms. The van der Waals surface area contributed by atoms with Crippen LogP contribution in [0.1, 0.15) is 39.5 Å². The third kappa shape index (κ3) is 6.21. The van der Waals surface area contributed by atoms with Gasteiger partial charge >= 0.3 is 0 Å². The molecule has 206 valence electrons. The average Bonchev–Trinajstić information content (AvgIpc) is 3.42. The summed E-state index contributed by atoms with van der Waals surface area (Å²) in [5.74, 6) is 1.91. The molecule has 4 rings (SSSR count). The standard InChI is InChI=1S/C27H37N5O5S/c1-18-10-14-32(19(2)15-18)26(33)22(8-6-11-28-27-29-12-13-30-27)31-38(34,35)25-9-5-7-20-16-23(36-3)24(37-4)17-21(20)25/h5,7,9,12-13,16-19,22,31H,6,8,10-11,14-15H2,1-4H3,(H2,28,29,30)/t18-,19-,22+/m1/s1. The number of aromatic nitrogens is 2. The Morgan fingerprint density at radius 1 is 1.21 bits per heavy atom. The largest absolute Gasteiger partial charge is 0.493 e. The molecule has 10 nitrogen and oxygen atoms in total. The highest BCUT2D eigenvalue weighted by molar-refractivity contribution is 7.89. The minimum absolute atomic E-state index is 0.0498. The summed E-state index contributed by atoms with van der Waals surface area (Å²) < 4.78 is 41.1. The molecule has 0 bridgehead atoms. The van der Waals surface area contributed by atoms with Crippen molar-refractivity contribution in [2.75, 3.05) is 32.6 Å². The van der Waals surface area contributed by atoms with E-state index in [2.05, 4.69) is 26.9 Å².